The Morgan fingerprint density at radius 1 is 1.18 bits per heavy atom. The molecule has 1 saturated heterocycles. The van der Waals surface area contributed by atoms with E-state index >= 15 is 0 Å². The van der Waals surface area contributed by atoms with Crippen LogP contribution in [-0.4, -0.2) is 24.9 Å². The van der Waals surface area contributed by atoms with Gasteiger partial charge in [0.25, 0.3) is 0 Å². The average molecular weight is 152 g/mol. The lowest BCUT2D eigenvalue weighted by Crippen LogP contribution is -2.40. The smallest absolute Gasteiger partial charge is 0.106 e. The first-order chi connectivity index (χ1) is 5.36. The molecule has 0 aromatic heterocycles. The first-order valence-electron chi connectivity index (χ1n) is 3.98. The van der Waals surface area contributed by atoms with Crippen LogP contribution in [0.1, 0.15) is 6.92 Å². The molecular formula is C9H12O2. The van der Waals surface area contributed by atoms with Gasteiger partial charge in [-0.25, -0.2) is 0 Å². The van der Waals surface area contributed by atoms with E-state index in [2.05, 4.69) is 0 Å². The molecule has 0 aromatic carbocycles. The van der Waals surface area contributed by atoms with E-state index in [9.17, 15) is 0 Å². The molecule has 0 spiro atoms. The van der Waals surface area contributed by atoms with E-state index < -0.39 is 0 Å². The van der Waals surface area contributed by atoms with Gasteiger partial charge in [0, 0.05) is 0 Å². The third-order valence-corrected chi connectivity index (χ3v) is 1.95. The first kappa shape index (κ1) is 7.07. The van der Waals surface area contributed by atoms with Gasteiger partial charge in [0.15, 0.2) is 0 Å². The van der Waals surface area contributed by atoms with E-state index in [-0.39, 0.29) is 18.3 Å². The van der Waals surface area contributed by atoms with Crippen molar-refractivity contribution >= 4 is 0 Å². The lowest BCUT2D eigenvalue weighted by atomic mass is 10.1. The summed E-state index contributed by atoms with van der Waals surface area (Å²) in [6.07, 6.45) is 8.60. The third-order valence-electron chi connectivity index (χ3n) is 1.95. The van der Waals surface area contributed by atoms with Gasteiger partial charge in [-0.2, -0.15) is 0 Å². The Kier molecular flexibility index (Phi) is 1.80. The van der Waals surface area contributed by atoms with Gasteiger partial charge in [-0.3, -0.25) is 0 Å². The minimum absolute atomic E-state index is 0.142. The van der Waals surface area contributed by atoms with Crippen molar-refractivity contribution in [3.8, 4) is 0 Å². The highest BCUT2D eigenvalue weighted by atomic mass is 16.6. The summed E-state index contributed by atoms with van der Waals surface area (Å²) in [4.78, 5) is 0. The van der Waals surface area contributed by atoms with E-state index in [0.29, 0.717) is 6.61 Å². The first-order valence-corrected chi connectivity index (χ1v) is 3.98. The Hall–Kier alpha value is -0.600. The fourth-order valence-electron chi connectivity index (χ4n) is 1.39. The topological polar surface area (TPSA) is 18.5 Å². The normalized spacial score (nSPS) is 42.1. The SMILES string of the molecule is CC1COC2C=CC=CC2O1. The van der Waals surface area contributed by atoms with Crippen molar-refractivity contribution < 1.29 is 9.47 Å². The predicted molar refractivity (Wildman–Crippen MR) is 42.4 cm³/mol. The highest BCUT2D eigenvalue weighted by molar-refractivity contribution is 5.17. The van der Waals surface area contributed by atoms with Crippen LogP contribution in [0.4, 0.5) is 0 Å². The zero-order valence-corrected chi connectivity index (χ0v) is 6.57. The number of ether oxygens (including phenoxy) is 2. The van der Waals surface area contributed by atoms with Crippen LogP contribution in [0, 0.1) is 0 Å². The Labute approximate surface area is 66.5 Å². The number of hydrogen-bond donors (Lipinski definition) is 0. The monoisotopic (exact) mass is 152 g/mol. The van der Waals surface area contributed by atoms with E-state index in [1.807, 2.05) is 31.2 Å². The van der Waals surface area contributed by atoms with E-state index in [1.165, 1.54) is 0 Å². The van der Waals surface area contributed by atoms with Crippen LogP contribution < -0.4 is 0 Å². The maximum Gasteiger partial charge on any atom is 0.106 e. The summed E-state index contributed by atoms with van der Waals surface area (Å²) in [6, 6.07) is 0. The van der Waals surface area contributed by atoms with E-state index in [1.54, 1.807) is 0 Å². The molecule has 2 rings (SSSR count). The second kappa shape index (κ2) is 2.80. The maximum atomic E-state index is 5.63. The van der Waals surface area contributed by atoms with Crippen molar-refractivity contribution in [2.45, 2.75) is 25.2 Å². The van der Waals surface area contributed by atoms with Crippen LogP contribution in [0.3, 0.4) is 0 Å². The van der Waals surface area contributed by atoms with Crippen LogP contribution in [0.15, 0.2) is 24.3 Å². The van der Waals surface area contributed by atoms with Gasteiger partial charge in [-0.15, -0.1) is 0 Å². The third kappa shape index (κ3) is 1.37. The molecule has 0 saturated carbocycles. The molecule has 1 aliphatic heterocycles. The minimum Gasteiger partial charge on any atom is -0.368 e. The van der Waals surface area contributed by atoms with Gasteiger partial charge >= 0.3 is 0 Å². The fraction of sp³-hybridized carbons (Fsp3) is 0.556. The van der Waals surface area contributed by atoms with Crippen molar-refractivity contribution in [1.29, 1.82) is 0 Å². The second-order valence-corrected chi connectivity index (χ2v) is 2.98. The minimum atomic E-state index is 0.142. The molecule has 11 heavy (non-hydrogen) atoms. The molecule has 1 aliphatic carbocycles. The molecule has 1 heterocycles. The zero-order valence-electron chi connectivity index (χ0n) is 6.57. The molecule has 2 heteroatoms. The van der Waals surface area contributed by atoms with Gasteiger partial charge in [0.2, 0.25) is 0 Å². The highest BCUT2D eigenvalue weighted by Crippen LogP contribution is 2.19. The summed E-state index contributed by atoms with van der Waals surface area (Å²) in [5.41, 5.74) is 0. The fourth-order valence-corrected chi connectivity index (χ4v) is 1.39. The van der Waals surface area contributed by atoms with Crippen LogP contribution in [0.5, 0.6) is 0 Å². The highest BCUT2D eigenvalue weighted by Gasteiger charge is 2.27. The van der Waals surface area contributed by atoms with Crippen molar-refractivity contribution in [3.63, 3.8) is 0 Å². The predicted octanol–water partition coefficient (Wildman–Crippen LogP) is 1.28. The summed E-state index contributed by atoms with van der Waals surface area (Å²) >= 11 is 0. The van der Waals surface area contributed by atoms with E-state index in [0.717, 1.165) is 0 Å². The quantitative estimate of drug-likeness (QED) is 0.520. The number of rotatable bonds is 0. The van der Waals surface area contributed by atoms with Crippen LogP contribution in [0.25, 0.3) is 0 Å². The largest absolute Gasteiger partial charge is 0.368 e. The molecule has 0 bridgehead atoms. The van der Waals surface area contributed by atoms with Gasteiger partial charge in [0.05, 0.1) is 12.7 Å². The molecule has 0 amide bonds. The van der Waals surface area contributed by atoms with Crippen LogP contribution in [-0.2, 0) is 9.47 Å². The molecule has 1 fully saturated rings. The molecule has 3 atom stereocenters. The molecule has 2 aliphatic rings. The van der Waals surface area contributed by atoms with Crippen molar-refractivity contribution in [1.82, 2.24) is 0 Å². The number of allylic oxidation sites excluding steroid dienone is 2. The average Bonchev–Trinajstić information content (AvgIpc) is 2.04. The Morgan fingerprint density at radius 2 is 1.91 bits per heavy atom. The number of hydrogen-bond acceptors (Lipinski definition) is 2. The second-order valence-electron chi connectivity index (χ2n) is 2.98. The summed E-state index contributed by atoms with van der Waals surface area (Å²) < 4.78 is 11.2. The lowest BCUT2D eigenvalue weighted by molar-refractivity contribution is -0.141. The molecule has 0 aromatic rings. The zero-order chi connectivity index (χ0) is 7.68. The molecule has 0 N–H and O–H groups in total. The molecule has 2 nitrogen and oxygen atoms in total. The molecule has 0 radical (unpaired) electrons. The Morgan fingerprint density at radius 3 is 2.73 bits per heavy atom. The number of fused-ring (bicyclic) bond motifs is 1. The lowest BCUT2D eigenvalue weighted by Gasteiger charge is -2.33. The van der Waals surface area contributed by atoms with Gasteiger partial charge in [-0.1, -0.05) is 24.3 Å². The Bertz CT molecular complexity index is 196. The van der Waals surface area contributed by atoms with Crippen LogP contribution >= 0.6 is 0 Å². The van der Waals surface area contributed by atoms with Crippen molar-refractivity contribution in [3.05, 3.63) is 24.3 Å². The molecular weight excluding hydrogens is 140 g/mol. The standard InChI is InChI=1S/C9H12O2/c1-7-6-10-8-4-2-3-5-9(8)11-7/h2-5,7-9H,6H2,1H3. The van der Waals surface area contributed by atoms with Crippen molar-refractivity contribution in [2.24, 2.45) is 0 Å². The van der Waals surface area contributed by atoms with E-state index in [4.69, 9.17) is 9.47 Å². The van der Waals surface area contributed by atoms with Gasteiger partial charge in [0.1, 0.15) is 12.2 Å². The summed E-state index contributed by atoms with van der Waals surface area (Å²) in [6.45, 7) is 2.74. The summed E-state index contributed by atoms with van der Waals surface area (Å²) in [5.74, 6) is 0. The Balaban J connectivity index is 2.07. The molecule has 3 unspecified atom stereocenters. The maximum absolute atomic E-state index is 5.63. The summed E-state index contributed by atoms with van der Waals surface area (Å²) in [5, 5.41) is 0. The van der Waals surface area contributed by atoms with Crippen LogP contribution in [0.2, 0.25) is 0 Å². The van der Waals surface area contributed by atoms with Gasteiger partial charge in [-0.05, 0) is 6.92 Å². The summed E-state index contributed by atoms with van der Waals surface area (Å²) in [7, 11) is 0. The van der Waals surface area contributed by atoms with Crippen molar-refractivity contribution in [2.75, 3.05) is 6.61 Å². The van der Waals surface area contributed by atoms with Gasteiger partial charge < -0.3 is 9.47 Å². The molecule has 60 valence electrons.